The van der Waals surface area contributed by atoms with Crippen molar-refractivity contribution in [3.63, 3.8) is 0 Å². The molecule has 3 rings (SSSR count). The van der Waals surface area contributed by atoms with Crippen LogP contribution < -0.4 is 0 Å². The van der Waals surface area contributed by atoms with Crippen molar-refractivity contribution in [3.05, 3.63) is 53.1 Å². The van der Waals surface area contributed by atoms with Gasteiger partial charge in [-0.25, -0.2) is 4.98 Å². The standard InChI is InChI=1S/C16H19ClN4O/c1-19-14(17)11-18-15(19)12-20-7-9-21(10-8-20)16(22)13-5-3-2-4-6-13/h2-6,11H,7-10,12H2,1H3. The Morgan fingerprint density at radius 1 is 1.18 bits per heavy atom. The highest BCUT2D eigenvalue weighted by atomic mass is 35.5. The van der Waals surface area contributed by atoms with Crippen molar-refractivity contribution in [2.45, 2.75) is 6.54 Å². The van der Waals surface area contributed by atoms with Gasteiger partial charge >= 0.3 is 0 Å². The number of carbonyl (C=O) groups is 1. The van der Waals surface area contributed by atoms with E-state index in [1.54, 1.807) is 6.20 Å². The molecule has 1 aromatic heterocycles. The third-order valence-corrected chi connectivity index (χ3v) is 4.42. The van der Waals surface area contributed by atoms with Crippen LogP contribution in [0.15, 0.2) is 36.5 Å². The summed E-state index contributed by atoms with van der Waals surface area (Å²) in [4.78, 5) is 20.9. The summed E-state index contributed by atoms with van der Waals surface area (Å²) in [5.74, 6) is 1.06. The molecular weight excluding hydrogens is 300 g/mol. The Hall–Kier alpha value is -1.85. The molecule has 5 nitrogen and oxygen atoms in total. The first kappa shape index (κ1) is 15.1. The maximum absolute atomic E-state index is 12.4. The van der Waals surface area contributed by atoms with Crippen LogP contribution in [0.3, 0.4) is 0 Å². The molecule has 1 amide bonds. The highest BCUT2D eigenvalue weighted by molar-refractivity contribution is 6.29. The van der Waals surface area contributed by atoms with Crippen LogP contribution in [0.5, 0.6) is 0 Å². The second-order valence-corrected chi connectivity index (χ2v) is 5.88. The molecule has 1 fully saturated rings. The van der Waals surface area contributed by atoms with E-state index in [0.717, 1.165) is 44.1 Å². The minimum absolute atomic E-state index is 0.111. The molecule has 22 heavy (non-hydrogen) atoms. The smallest absolute Gasteiger partial charge is 0.253 e. The van der Waals surface area contributed by atoms with E-state index in [1.165, 1.54) is 0 Å². The van der Waals surface area contributed by atoms with Crippen LogP contribution in [-0.2, 0) is 13.6 Å². The number of hydrogen-bond donors (Lipinski definition) is 0. The van der Waals surface area contributed by atoms with Gasteiger partial charge in [0.1, 0.15) is 11.0 Å². The average Bonchev–Trinajstić information content (AvgIpc) is 2.88. The topological polar surface area (TPSA) is 41.4 Å². The van der Waals surface area contributed by atoms with Gasteiger partial charge in [0.2, 0.25) is 0 Å². The van der Waals surface area contributed by atoms with E-state index < -0.39 is 0 Å². The highest BCUT2D eigenvalue weighted by Gasteiger charge is 2.22. The Labute approximate surface area is 135 Å². The summed E-state index contributed by atoms with van der Waals surface area (Å²) in [5, 5.41) is 0.646. The summed E-state index contributed by atoms with van der Waals surface area (Å²) in [5.41, 5.74) is 0.756. The Kier molecular flexibility index (Phi) is 4.45. The number of carbonyl (C=O) groups excluding carboxylic acids is 1. The molecule has 6 heteroatoms. The molecule has 0 spiro atoms. The number of hydrogen-bond acceptors (Lipinski definition) is 3. The number of rotatable bonds is 3. The highest BCUT2D eigenvalue weighted by Crippen LogP contribution is 2.13. The van der Waals surface area contributed by atoms with Crippen molar-refractivity contribution >= 4 is 17.5 Å². The van der Waals surface area contributed by atoms with Gasteiger partial charge in [-0.05, 0) is 12.1 Å². The van der Waals surface area contributed by atoms with Gasteiger partial charge < -0.3 is 9.47 Å². The lowest BCUT2D eigenvalue weighted by Crippen LogP contribution is -2.48. The molecule has 0 aliphatic carbocycles. The fourth-order valence-electron chi connectivity index (χ4n) is 2.64. The van der Waals surface area contributed by atoms with Crippen LogP contribution in [0, 0.1) is 0 Å². The Balaban J connectivity index is 1.56. The van der Waals surface area contributed by atoms with E-state index in [9.17, 15) is 4.79 Å². The van der Waals surface area contributed by atoms with E-state index in [2.05, 4.69) is 9.88 Å². The molecule has 0 radical (unpaired) electrons. The normalized spacial score (nSPS) is 16.0. The van der Waals surface area contributed by atoms with Crippen molar-refractivity contribution < 1.29 is 4.79 Å². The molecule has 0 bridgehead atoms. The van der Waals surface area contributed by atoms with Gasteiger partial charge in [0, 0.05) is 38.8 Å². The largest absolute Gasteiger partial charge is 0.336 e. The van der Waals surface area contributed by atoms with E-state index in [-0.39, 0.29) is 5.91 Å². The second kappa shape index (κ2) is 6.50. The SMILES string of the molecule is Cn1c(Cl)cnc1CN1CCN(C(=O)c2ccccc2)CC1. The Morgan fingerprint density at radius 3 is 2.45 bits per heavy atom. The minimum atomic E-state index is 0.111. The molecule has 1 aliphatic heterocycles. The van der Waals surface area contributed by atoms with E-state index in [0.29, 0.717) is 5.15 Å². The van der Waals surface area contributed by atoms with Gasteiger partial charge in [-0.2, -0.15) is 0 Å². The predicted octanol–water partition coefficient (Wildman–Crippen LogP) is 2.03. The molecule has 0 saturated carbocycles. The van der Waals surface area contributed by atoms with Crippen LogP contribution in [-0.4, -0.2) is 51.4 Å². The maximum Gasteiger partial charge on any atom is 0.253 e. The van der Waals surface area contributed by atoms with Crippen LogP contribution in [0.2, 0.25) is 5.15 Å². The Morgan fingerprint density at radius 2 is 1.86 bits per heavy atom. The van der Waals surface area contributed by atoms with Gasteiger partial charge in [-0.3, -0.25) is 9.69 Å². The third-order valence-electron chi connectivity index (χ3n) is 4.07. The number of nitrogens with zero attached hydrogens (tertiary/aromatic N) is 4. The average molecular weight is 319 g/mol. The molecule has 1 aromatic carbocycles. The number of aromatic nitrogens is 2. The lowest BCUT2D eigenvalue weighted by Gasteiger charge is -2.34. The van der Waals surface area contributed by atoms with Crippen molar-refractivity contribution in [1.29, 1.82) is 0 Å². The number of benzene rings is 1. The zero-order chi connectivity index (χ0) is 15.5. The van der Waals surface area contributed by atoms with Crippen molar-refractivity contribution in [3.8, 4) is 0 Å². The van der Waals surface area contributed by atoms with Gasteiger partial charge in [0.25, 0.3) is 5.91 Å². The number of halogens is 1. The van der Waals surface area contributed by atoms with E-state index in [1.807, 2.05) is 46.8 Å². The molecule has 0 N–H and O–H groups in total. The zero-order valence-corrected chi connectivity index (χ0v) is 13.3. The van der Waals surface area contributed by atoms with Crippen molar-refractivity contribution in [2.24, 2.45) is 7.05 Å². The van der Waals surface area contributed by atoms with Crippen LogP contribution in [0.25, 0.3) is 0 Å². The lowest BCUT2D eigenvalue weighted by molar-refractivity contribution is 0.0624. The number of piperazine rings is 1. The quantitative estimate of drug-likeness (QED) is 0.869. The van der Waals surface area contributed by atoms with Gasteiger partial charge in [0.15, 0.2) is 0 Å². The van der Waals surface area contributed by atoms with Crippen LogP contribution in [0.4, 0.5) is 0 Å². The molecule has 1 saturated heterocycles. The fraction of sp³-hybridized carbons (Fsp3) is 0.375. The summed E-state index contributed by atoms with van der Waals surface area (Å²) >= 11 is 6.01. The second-order valence-electron chi connectivity index (χ2n) is 5.49. The maximum atomic E-state index is 12.4. The van der Waals surface area contributed by atoms with Gasteiger partial charge in [-0.15, -0.1) is 0 Å². The number of imidazole rings is 1. The van der Waals surface area contributed by atoms with Crippen LogP contribution >= 0.6 is 11.6 Å². The fourth-order valence-corrected chi connectivity index (χ4v) is 2.79. The first-order valence-corrected chi connectivity index (χ1v) is 7.75. The lowest BCUT2D eigenvalue weighted by atomic mass is 10.2. The summed E-state index contributed by atoms with van der Waals surface area (Å²) in [6.07, 6.45) is 1.67. The molecule has 1 aliphatic rings. The molecule has 2 heterocycles. The minimum Gasteiger partial charge on any atom is -0.336 e. The van der Waals surface area contributed by atoms with Gasteiger partial charge in [-0.1, -0.05) is 29.8 Å². The molecule has 0 unspecified atom stereocenters. The summed E-state index contributed by atoms with van der Waals surface area (Å²) in [7, 11) is 1.92. The zero-order valence-electron chi connectivity index (χ0n) is 12.6. The van der Waals surface area contributed by atoms with E-state index in [4.69, 9.17) is 11.6 Å². The summed E-state index contributed by atoms with van der Waals surface area (Å²) < 4.78 is 1.89. The predicted molar refractivity (Wildman–Crippen MR) is 85.8 cm³/mol. The summed E-state index contributed by atoms with van der Waals surface area (Å²) in [6.45, 7) is 3.94. The first-order valence-electron chi connectivity index (χ1n) is 7.38. The monoisotopic (exact) mass is 318 g/mol. The first-order chi connectivity index (χ1) is 10.6. The Bertz CT molecular complexity index is 647. The van der Waals surface area contributed by atoms with Crippen LogP contribution in [0.1, 0.15) is 16.2 Å². The molecule has 116 valence electrons. The molecule has 0 atom stereocenters. The van der Waals surface area contributed by atoms with Crippen molar-refractivity contribution in [2.75, 3.05) is 26.2 Å². The number of amides is 1. The summed E-state index contributed by atoms with van der Waals surface area (Å²) in [6, 6.07) is 9.45. The molecular formula is C16H19ClN4O. The van der Waals surface area contributed by atoms with Crippen molar-refractivity contribution in [1.82, 2.24) is 19.4 Å². The van der Waals surface area contributed by atoms with Gasteiger partial charge in [0.05, 0.1) is 12.7 Å². The molecule has 2 aromatic rings. The third kappa shape index (κ3) is 3.15. The van der Waals surface area contributed by atoms with E-state index >= 15 is 0 Å².